The second kappa shape index (κ2) is 6.72. The Morgan fingerprint density at radius 2 is 1.72 bits per heavy atom. The molecule has 0 bridgehead atoms. The molecule has 0 amide bonds. The Morgan fingerprint density at radius 1 is 1.17 bits per heavy atom. The minimum atomic E-state index is -3.48. The number of nitrogens with one attached hydrogen (secondary N) is 1. The van der Waals surface area contributed by atoms with Gasteiger partial charge in [-0.05, 0) is 25.0 Å². The number of nitrogen functional groups attached to an aromatic ring is 1. The van der Waals surface area contributed by atoms with Crippen molar-refractivity contribution >= 4 is 15.7 Å². The van der Waals surface area contributed by atoms with Gasteiger partial charge in [-0.2, -0.15) is 4.31 Å². The van der Waals surface area contributed by atoms with Crippen molar-refractivity contribution in [3.63, 3.8) is 0 Å². The number of sulfonamides is 1. The van der Waals surface area contributed by atoms with E-state index in [0.717, 1.165) is 12.8 Å². The van der Waals surface area contributed by atoms with Crippen molar-refractivity contribution in [1.29, 1.82) is 0 Å². The van der Waals surface area contributed by atoms with Crippen molar-refractivity contribution < 1.29 is 8.42 Å². The van der Waals surface area contributed by atoms with Crippen LogP contribution in [0.25, 0.3) is 0 Å². The van der Waals surface area contributed by atoms with Crippen molar-refractivity contribution in [2.45, 2.75) is 31.6 Å². The normalized spacial score (nSPS) is 11.8. The second-order valence-corrected chi connectivity index (χ2v) is 5.95. The van der Waals surface area contributed by atoms with Crippen molar-refractivity contribution in [3.8, 4) is 0 Å². The van der Waals surface area contributed by atoms with Gasteiger partial charge in [0.1, 0.15) is 4.90 Å². The van der Waals surface area contributed by atoms with Crippen LogP contribution >= 0.6 is 0 Å². The molecule has 3 N–H and O–H groups in total. The van der Waals surface area contributed by atoms with E-state index in [2.05, 4.69) is 5.43 Å². The first-order valence-corrected chi connectivity index (χ1v) is 7.57. The molecule has 0 saturated heterocycles. The third-order valence-corrected chi connectivity index (χ3v) is 4.56. The maximum Gasteiger partial charge on any atom is 0.245 e. The molecule has 0 aliphatic carbocycles. The smallest absolute Gasteiger partial charge is 0.245 e. The number of para-hydroxylation sites is 1. The monoisotopic (exact) mass is 271 g/mol. The summed E-state index contributed by atoms with van der Waals surface area (Å²) in [4.78, 5) is 0.231. The van der Waals surface area contributed by atoms with Crippen molar-refractivity contribution in [1.82, 2.24) is 4.31 Å². The van der Waals surface area contributed by atoms with E-state index in [1.807, 2.05) is 13.8 Å². The summed E-state index contributed by atoms with van der Waals surface area (Å²) < 4.78 is 26.5. The topological polar surface area (TPSA) is 75.4 Å². The number of rotatable bonds is 7. The molecule has 0 fully saturated rings. The van der Waals surface area contributed by atoms with Crippen molar-refractivity contribution in [3.05, 3.63) is 24.3 Å². The molecule has 0 saturated carbocycles. The predicted molar refractivity (Wildman–Crippen MR) is 73.6 cm³/mol. The van der Waals surface area contributed by atoms with E-state index in [1.165, 1.54) is 4.31 Å². The van der Waals surface area contributed by atoms with Crippen LogP contribution in [0.2, 0.25) is 0 Å². The first-order chi connectivity index (χ1) is 8.57. The highest BCUT2D eigenvalue weighted by molar-refractivity contribution is 7.89. The van der Waals surface area contributed by atoms with Crippen molar-refractivity contribution in [2.75, 3.05) is 18.5 Å². The van der Waals surface area contributed by atoms with Crippen LogP contribution in [0.3, 0.4) is 0 Å². The van der Waals surface area contributed by atoms with Gasteiger partial charge < -0.3 is 5.43 Å². The zero-order valence-electron chi connectivity index (χ0n) is 10.9. The van der Waals surface area contributed by atoms with Crippen LogP contribution in [-0.2, 0) is 10.0 Å². The standard InChI is InChI=1S/C12H21N3O2S/c1-3-9-15(10-4-2)18(16,17)12-8-6-5-7-11(12)14-13/h5-8,14H,3-4,9-10,13H2,1-2H3. The lowest BCUT2D eigenvalue weighted by Gasteiger charge is -2.22. The maximum atomic E-state index is 12.5. The first kappa shape index (κ1) is 14.9. The summed E-state index contributed by atoms with van der Waals surface area (Å²) in [6, 6.07) is 6.67. The Bertz CT molecular complexity index is 468. The summed E-state index contributed by atoms with van der Waals surface area (Å²) in [7, 11) is -3.48. The highest BCUT2D eigenvalue weighted by Gasteiger charge is 2.25. The molecule has 102 valence electrons. The van der Waals surface area contributed by atoms with E-state index in [4.69, 9.17) is 5.84 Å². The summed E-state index contributed by atoms with van der Waals surface area (Å²) in [5.41, 5.74) is 2.86. The van der Waals surface area contributed by atoms with E-state index in [9.17, 15) is 8.42 Å². The van der Waals surface area contributed by atoms with E-state index >= 15 is 0 Å². The summed E-state index contributed by atoms with van der Waals surface area (Å²) >= 11 is 0. The van der Waals surface area contributed by atoms with Gasteiger partial charge in [-0.25, -0.2) is 8.42 Å². The lowest BCUT2D eigenvalue weighted by atomic mass is 10.3. The number of nitrogens with zero attached hydrogens (tertiary/aromatic N) is 1. The molecule has 5 nitrogen and oxygen atoms in total. The van der Waals surface area contributed by atoms with Crippen LogP contribution in [0.5, 0.6) is 0 Å². The van der Waals surface area contributed by atoms with Gasteiger partial charge in [-0.1, -0.05) is 26.0 Å². The summed E-state index contributed by atoms with van der Waals surface area (Å²) in [5, 5.41) is 0. The molecule has 0 radical (unpaired) electrons. The molecule has 1 aromatic rings. The molecule has 0 aliphatic heterocycles. The van der Waals surface area contributed by atoms with Gasteiger partial charge in [-0.3, -0.25) is 5.84 Å². The van der Waals surface area contributed by atoms with Crippen LogP contribution in [0, 0.1) is 0 Å². The van der Waals surface area contributed by atoms with Gasteiger partial charge in [0, 0.05) is 13.1 Å². The molecule has 1 aromatic carbocycles. The summed E-state index contributed by atoms with van der Waals surface area (Å²) in [6.45, 7) is 4.97. The lowest BCUT2D eigenvalue weighted by Crippen LogP contribution is -2.33. The first-order valence-electron chi connectivity index (χ1n) is 6.13. The average molecular weight is 271 g/mol. The van der Waals surface area contributed by atoms with Gasteiger partial charge in [0.2, 0.25) is 10.0 Å². The van der Waals surface area contributed by atoms with Gasteiger partial charge in [0.15, 0.2) is 0 Å². The molecular weight excluding hydrogens is 250 g/mol. The Hall–Kier alpha value is -1.11. The minimum Gasteiger partial charge on any atom is -0.323 e. The zero-order chi connectivity index (χ0) is 13.6. The fourth-order valence-corrected chi connectivity index (χ4v) is 3.58. The third-order valence-electron chi connectivity index (χ3n) is 2.61. The van der Waals surface area contributed by atoms with Crippen LogP contribution in [0.1, 0.15) is 26.7 Å². The number of nitrogens with two attached hydrogens (primary N) is 1. The predicted octanol–water partition coefficient (Wildman–Crippen LogP) is 1.78. The van der Waals surface area contributed by atoms with Gasteiger partial charge in [-0.15, -0.1) is 0 Å². The van der Waals surface area contributed by atoms with Crippen molar-refractivity contribution in [2.24, 2.45) is 5.84 Å². The summed E-state index contributed by atoms with van der Waals surface area (Å²) in [5.74, 6) is 5.36. The van der Waals surface area contributed by atoms with E-state index in [0.29, 0.717) is 18.8 Å². The van der Waals surface area contributed by atoms with Crippen LogP contribution < -0.4 is 11.3 Å². The SMILES string of the molecule is CCCN(CCC)S(=O)(=O)c1ccccc1NN. The second-order valence-electron chi connectivity index (χ2n) is 4.04. The van der Waals surface area contributed by atoms with E-state index in [1.54, 1.807) is 24.3 Å². The number of hydrogen-bond acceptors (Lipinski definition) is 4. The maximum absolute atomic E-state index is 12.5. The number of anilines is 1. The Morgan fingerprint density at radius 3 is 2.22 bits per heavy atom. The van der Waals surface area contributed by atoms with Crippen LogP contribution in [0.4, 0.5) is 5.69 Å². The molecule has 1 rings (SSSR count). The quantitative estimate of drug-likeness (QED) is 0.585. The minimum absolute atomic E-state index is 0.231. The Labute approximate surface area is 109 Å². The fourth-order valence-electron chi connectivity index (χ4n) is 1.80. The molecule has 0 unspecified atom stereocenters. The Kier molecular flexibility index (Phi) is 5.58. The van der Waals surface area contributed by atoms with Crippen LogP contribution in [-0.4, -0.2) is 25.8 Å². The number of hydrazine groups is 1. The fraction of sp³-hybridized carbons (Fsp3) is 0.500. The third kappa shape index (κ3) is 3.22. The molecule has 0 spiro atoms. The molecule has 0 aromatic heterocycles. The highest BCUT2D eigenvalue weighted by atomic mass is 32.2. The molecule has 0 atom stereocenters. The summed E-state index contributed by atoms with van der Waals surface area (Å²) in [6.07, 6.45) is 1.58. The van der Waals surface area contributed by atoms with Gasteiger partial charge >= 0.3 is 0 Å². The van der Waals surface area contributed by atoms with Gasteiger partial charge in [0.05, 0.1) is 5.69 Å². The van der Waals surface area contributed by atoms with Crippen LogP contribution in [0.15, 0.2) is 29.2 Å². The van der Waals surface area contributed by atoms with E-state index in [-0.39, 0.29) is 4.90 Å². The van der Waals surface area contributed by atoms with E-state index < -0.39 is 10.0 Å². The molecule has 0 heterocycles. The molecular formula is C12H21N3O2S. The Balaban J connectivity index is 3.17. The number of benzene rings is 1. The molecule has 6 heteroatoms. The average Bonchev–Trinajstić information content (AvgIpc) is 2.38. The number of hydrogen-bond donors (Lipinski definition) is 2. The molecule has 18 heavy (non-hydrogen) atoms. The largest absolute Gasteiger partial charge is 0.323 e. The lowest BCUT2D eigenvalue weighted by molar-refractivity contribution is 0.410. The zero-order valence-corrected chi connectivity index (χ0v) is 11.7. The molecule has 0 aliphatic rings. The van der Waals surface area contributed by atoms with Gasteiger partial charge in [0.25, 0.3) is 0 Å². The highest BCUT2D eigenvalue weighted by Crippen LogP contribution is 2.23.